The molecule has 0 aromatic heterocycles. The lowest BCUT2D eigenvalue weighted by Gasteiger charge is -2.16. The van der Waals surface area contributed by atoms with Crippen molar-refractivity contribution in [1.82, 2.24) is 5.32 Å². The fourth-order valence-corrected chi connectivity index (χ4v) is 2.48. The molecule has 0 heterocycles. The van der Waals surface area contributed by atoms with Gasteiger partial charge >= 0.3 is 0 Å². The van der Waals surface area contributed by atoms with Crippen LogP contribution in [-0.2, 0) is 0 Å². The van der Waals surface area contributed by atoms with E-state index in [0.717, 1.165) is 22.2 Å². The summed E-state index contributed by atoms with van der Waals surface area (Å²) in [4.78, 5) is 12.0. The fraction of sp³-hybridized carbons (Fsp3) is 0.133. The van der Waals surface area contributed by atoms with E-state index in [1.54, 1.807) is 6.92 Å². The van der Waals surface area contributed by atoms with Crippen molar-refractivity contribution in [2.75, 3.05) is 0 Å². The van der Waals surface area contributed by atoms with Crippen molar-refractivity contribution in [1.29, 1.82) is 0 Å². The van der Waals surface area contributed by atoms with Crippen LogP contribution < -0.4 is 5.32 Å². The molecule has 0 aliphatic carbocycles. The number of carbonyl (C=O) groups is 1. The second-order valence-corrected chi connectivity index (χ2v) is 5.20. The minimum absolute atomic E-state index is 0.176. The molecule has 0 spiro atoms. The van der Waals surface area contributed by atoms with E-state index in [-0.39, 0.29) is 11.6 Å². The third-order valence-electron chi connectivity index (χ3n) is 2.90. The van der Waals surface area contributed by atoms with Crippen LogP contribution in [0.1, 0.15) is 28.9 Å². The highest BCUT2D eigenvalue weighted by Crippen LogP contribution is 2.23. The van der Waals surface area contributed by atoms with E-state index in [0.29, 0.717) is 6.07 Å². The Kier molecular flexibility index (Phi) is 4.49. The third-order valence-corrected chi connectivity index (χ3v) is 3.62. The highest BCUT2D eigenvalue weighted by molar-refractivity contribution is 9.10. The maximum absolute atomic E-state index is 13.5. The highest BCUT2D eigenvalue weighted by atomic mass is 79.9. The summed E-state index contributed by atoms with van der Waals surface area (Å²) in [5, 5.41) is 2.68. The Labute approximate surface area is 123 Å². The van der Waals surface area contributed by atoms with E-state index < -0.39 is 17.5 Å². The van der Waals surface area contributed by atoms with Crippen LogP contribution in [0.2, 0.25) is 0 Å². The number of hydrogen-bond donors (Lipinski definition) is 1. The van der Waals surface area contributed by atoms with Gasteiger partial charge in [-0.25, -0.2) is 8.78 Å². The Balaban J connectivity index is 2.17. The molecule has 0 saturated heterocycles. The molecule has 0 aliphatic heterocycles. The molecule has 0 bridgehead atoms. The molecule has 1 unspecified atom stereocenters. The highest BCUT2D eigenvalue weighted by Gasteiger charge is 2.16. The lowest BCUT2D eigenvalue weighted by atomic mass is 10.1. The summed E-state index contributed by atoms with van der Waals surface area (Å²) in [5.41, 5.74) is 0.702. The monoisotopic (exact) mass is 339 g/mol. The van der Waals surface area contributed by atoms with Crippen LogP contribution >= 0.6 is 15.9 Å². The Hall–Kier alpha value is -1.75. The predicted molar refractivity (Wildman–Crippen MR) is 76.4 cm³/mol. The van der Waals surface area contributed by atoms with Gasteiger partial charge < -0.3 is 5.32 Å². The Morgan fingerprint density at radius 1 is 1.20 bits per heavy atom. The Morgan fingerprint density at radius 3 is 2.55 bits per heavy atom. The molecular weight excluding hydrogens is 328 g/mol. The first-order chi connectivity index (χ1) is 9.49. The molecule has 0 fully saturated rings. The summed E-state index contributed by atoms with van der Waals surface area (Å²) < 4.78 is 27.2. The summed E-state index contributed by atoms with van der Waals surface area (Å²) in [6, 6.07) is 10.0. The molecule has 1 N–H and O–H groups in total. The van der Waals surface area contributed by atoms with Crippen LogP contribution in [0.5, 0.6) is 0 Å². The summed E-state index contributed by atoms with van der Waals surface area (Å²) in [5.74, 6) is -2.16. The molecule has 2 nitrogen and oxygen atoms in total. The van der Waals surface area contributed by atoms with Gasteiger partial charge in [0.2, 0.25) is 0 Å². The maximum Gasteiger partial charge on any atom is 0.254 e. The summed E-state index contributed by atoms with van der Waals surface area (Å²) in [7, 11) is 0. The zero-order chi connectivity index (χ0) is 14.7. The van der Waals surface area contributed by atoms with E-state index in [9.17, 15) is 13.6 Å². The second kappa shape index (κ2) is 6.13. The van der Waals surface area contributed by atoms with E-state index in [2.05, 4.69) is 21.2 Å². The van der Waals surface area contributed by atoms with Crippen LogP contribution in [0.15, 0.2) is 46.9 Å². The number of rotatable bonds is 3. The van der Waals surface area contributed by atoms with Crippen LogP contribution in [-0.4, -0.2) is 5.91 Å². The summed E-state index contributed by atoms with van der Waals surface area (Å²) in [6.07, 6.45) is 0. The van der Waals surface area contributed by atoms with Gasteiger partial charge in [-0.15, -0.1) is 0 Å². The first-order valence-corrected chi connectivity index (χ1v) is 6.78. The molecule has 1 amide bonds. The van der Waals surface area contributed by atoms with E-state index >= 15 is 0 Å². The molecule has 2 aromatic rings. The zero-order valence-electron chi connectivity index (χ0n) is 10.7. The van der Waals surface area contributed by atoms with E-state index in [4.69, 9.17) is 0 Å². The van der Waals surface area contributed by atoms with Gasteiger partial charge in [-0.05, 0) is 30.7 Å². The van der Waals surface area contributed by atoms with Gasteiger partial charge in [0, 0.05) is 10.5 Å². The van der Waals surface area contributed by atoms with Crippen molar-refractivity contribution < 1.29 is 13.6 Å². The normalized spacial score (nSPS) is 12.0. The van der Waals surface area contributed by atoms with Crippen LogP contribution in [0, 0.1) is 11.6 Å². The predicted octanol–water partition coefficient (Wildman–Crippen LogP) is 4.22. The number of carbonyl (C=O) groups excluding carboxylic acids is 1. The molecule has 0 radical (unpaired) electrons. The van der Waals surface area contributed by atoms with Gasteiger partial charge in [0.15, 0.2) is 0 Å². The zero-order valence-corrected chi connectivity index (χ0v) is 12.2. The molecular formula is C15H12BrF2NO. The van der Waals surface area contributed by atoms with Gasteiger partial charge in [-0.2, -0.15) is 0 Å². The van der Waals surface area contributed by atoms with Crippen molar-refractivity contribution in [3.8, 4) is 0 Å². The first kappa shape index (κ1) is 14.7. The minimum atomic E-state index is -0.873. The van der Waals surface area contributed by atoms with Crippen molar-refractivity contribution in [2.24, 2.45) is 0 Å². The van der Waals surface area contributed by atoms with Gasteiger partial charge in [-0.3, -0.25) is 4.79 Å². The fourth-order valence-electron chi connectivity index (χ4n) is 1.85. The number of amides is 1. The van der Waals surface area contributed by atoms with Gasteiger partial charge in [-0.1, -0.05) is 34.1 Å². The molecule has 5 heteroatoms. The molecule has 2 aromatic carbocycles. The average Bonchev–Trinajstić information content (AvgIpc) is 2.38. The smallest absolute Gasteiger partial charge is 0.254 e. The lowest BCUT2D eigenvalue weighted by Crippen LogP contribution is -2.27. The molecule has 0 aliphatic rings. The topological polar surface area (TPSA) is 29.1 Å². The van der Waals surface area contributed by atoms with Crippen molar-refractivity contribution in [2.45, 2.75) is 13.0 Å². The third kappa shape index (κ3) is 3.22. The van der Waals surface area contributed by atoms with Crippen LogP contribution in [0.25, 0.3) is 0 Å². The number of hydrogen-bond acceptors (Lipinski definition) is 1. The maximum atomic E-state index is 13.5. The summed E-state index contributed by atoms with van der Waals surface area (Å²) in [6.45, 7) is 1.79. The molecule has 20 heavy (non-hydrogen) atoms. The molecule has 2 rings (SSSR count). The lowest BCUT2D eigenvalue weighted by molar-refractivity contribution is 0.0935. The van der Waals surface area contributed by atoms with Crippen LogP contribution in [0.4, 0.5) is 8.78 Å². The first-order valence-electron chi connectivity index (χ1n) is 5.99. The quantitative estimate of drug-likeness (QED) is 0.891. The second-order valence-electron chi connectivity index (χ2n) is 4.34. The van der Waals surface area contributed by atoms with Crippen molar-refractivity contribution >= 4 is 21.8 Å². The largest absolute Gasteiger partial charge is 0.345 e. The number of benzene rings is 2. The van der Waals surface area contributed by atoms with Crippen molar-refractivity contribution in [3.63, 3.8) is 0 Å². The van der Waals surface area contributed by atoms with Crippen molar-refractivity contribution in [3.05, 3.63) is 69.7 Å². The minimum Gasteiger partial charge on any atom is -0.345 e. The summed E-state index contributed by atoms with van der Waals surface area (Å²) >= 11 is 3.39. The van der Waals surface area contributed by atoms with E-state index in [1.807, 2.05) is 24.3 Å². The number of halogens is 3. The SMILES string of the molecule is CC(NC(=O)c1ccc(F)cc1F)c1ccccc1Br. The average molecular weight is 340 g/mol. The van der Waals surface area contributed by atoms with Gasteiger partial charge in [0.25, 0.3) is 5.91 Å². The molecule has 104 valence electrons. The van der Waals surface area contributed by atoms with Crippen LogP contribution in [0.3, 0.4) is 0 Å². The number of nitrogens with one attached hydrogen (secondary N) is 1. The Morgan fingerprint density at radius 2 is 1.90 bits per heavy atom. The standard InChI is InChI=1S/C15H12BrF2NO/c1-9(11-4-2-3-5-13(11)16)19-15(20)12-7-6-10(17)8-14(12)18/h2-9H,1H3,(H,19,20). The Bertz CT molecular complexity index is 646. The van der Waals surface area contributed by atoms with Gasteiger partial charge in [0.05, 0.1) is 11.6 Å². The molecule has 0 saturated carbocycles. The molecule has 1 atom stereocenters. The van der Waals surface area contributed by atoms with E-state index in [1.165, 1.54) is 0 Å². The van der Waals surface area contributed by atoms with Gasteiger partial charge in [0.1, 0.15) is 11.6 Å².